The third kappa shape index (κ3) is 4.61. The highest BCUT2D eigenvalue weighted by Crippen LogP contribution is 2.32. The van der Waals surface area contributed by atoms with Gasteiger partial charge in [0.15, 0.2) is 0 Å². The molecule has 6 nitrogen and oxygen atoms in total. The summed E-state index contributed by atoms with van der Waals surface area (Å²) in [5, 5.41) is 3.20. The Bertz CT molecular complexity index is 1040. The quantitative estimate of drug-likeness (QED) is 0.336. The first-order valence-electron chi connectivity index (χ1n) is 9.11. The molecule has 0 radical (unpaired) electrons. The Morgan fingerprint density at radius 2 is 1.70 bits per heavy atom. The maximum absolute atomic E-state index is 12.8. The van der Waals surface area contributed by atoms with Gasteiger partial charge in [0.05, 0.1) is 27.9 Å². The smallest absolute Gasteiger partial charge is 0.338 e. The van der Waals surface area contributed by atoms with Crippen LogP contribution in [0.1, 0.15) is 30.1 Å². The Hall–Kier alpha value is -2.54. The second-order valence-electron chi connectivity index (χ2n) is 6.42. The molecule has 2 amide bonds. The van der Waals surface area contributed by atoms with E-state index in [9.17, 15) is 14.4 Å². The molecule has 1 aliphatic heterocycles. The average molecular weight is 468 g/mol. The maximum Gasteiger partial charge on any atom is 0.338 e. The van der Waals surface area contributed by atoms with Crippen molar-refractivity contribution >= 4 is 64.0 Å². The van der Waals surface area contributed by atoms with Crippen molar-refractivity contribution in [3.05, 3.63) is 68.8 Å². The topological polar surface area (TPSA) is 75.7 Å². The first kappa shape index (κ1) is 22.2. The van der Waals surface area contributed by atoms with Crippen molar-refractivity contribution in [2.75, 3.05) is 16.8 Å². The van der Waals surface area contributed by atoms with Crippen LogP contribution in [0.15, 0.2) is 53.2 Å². The van der Waals surface area contributed by atoms with Crippen LogP contribution in [0.25, 0.3) is 0 Å². The number of unbranched alkanes of at least 4 members (excludes halogenated alkanes) is 1. The summed E-state index contributed by atoms with van der Waals surface area (Å²) in [5.41, 5.74) is 0.968. The molecule has 0 unspecified atom stereocenters. The lowest BCUT2D eigenvalue weighted by Gasteiger charge is -2.15. The highest BCUT2D eigenvalue weighted by Gasteiger charge is 2.39. The zero-order valence-corrected chi connectivity index (χ0v) is 18.1. The predicted molar refractivity (Wildman–Crippen MR) is 117 cm³/mol. The number of anilines is 2. The van der Waals surface area contributed by atoms with E-state index in [2.05, 4.69) is 5.32 Å². The van der Waals surface area contributed by atoms with Crippen LogP contribution in [0.2, 0.25) is 10.0 Å². The van der Waals surface area contributed by atoms with Crippen LogP contribution in [-0.4, -0.2) is 24.4 Å². The van der Waals surface area contributed by atoms with E-state index in [0.29, 0.717) is 22.9 Å². The molecule has 9 heteroatoms. The number of esters is 1. The molecule has 0 spiro atoms. The normalized spacial score (nSPS) is 13.8. The molecule has 2 aromatic carbocycles. The molecule has 0 atom stereocenters. The number of benzene rings is 2. The average Bonchev–Trinajstić information content (AvgIpc) is 2.94. The van der Waals surface area contributed by atoms with E-state index in [4.69, 9.17) is 39.5 Å². The van der Waals surface area contributed by atoms with Gasteiger partial charge in [0.2, 0.25) is 0 Å². The molecule has 2 aromatic rings. The van der Waals surface area contributed by atoms with Crippen molar-refractivity contribution in [3.63, 3.8) is 0 Å². The molecule has 1 N–H and O–H groups in total. The fraction of sp³-hybridized carbons (Fsp3) is 0.190. The van der Waals surface area contributed by atoms with E-state index < -0.39 is 17.8 Å². The van der Waals surface area contributed by atoms with Crippen molar-refractivity contribution in [2.24, 2.45) is 0 Å². The largest absolute Gasteiger partial charge is 0.462 e. The summed E-state index contributed by atoms with van der Waals surface area (Å²) in [5.74, 6) is -1.77. The van der Waals surface area contributed by atoms with Crippen molar-refractivity contribution in [2.45, 2.75) is 19.8 Å². The molecule has 0 saturated carbocycles. The zero-order valence-electron chi connectivity index (χ0n) is 15.9. The lowest BCUT2D eigenvalue weighted by atomic mass is 10.2. The number of ether oxygens (including phenoxy) is 1. The van der Waals surface area contributed by atoms with Crippen LogP contribution in [-0.2, 0) is 14.3 Å². The summed E-state index contributed by atoms with van der Waals surface area (Å²) >= 11 is 18.0. The number of rotatable bonds is 7. The number of halogens is 3. The zero-order chi connectivity index (χ0) is 21.8. The highest BCUT2D eigenvalue weighted by atomic mass is 35.5. The number of imide groups is 1. The van der Waals surface area contributed by atoms with Gasteiger partial charge < -0.3 is 10.1 Å². The first-order valence-corrected chi connectivity index (χ1v) is 10.2. The summed E-state index contributed by atoms with van der Waals surface area (Å²) in [6.07, 6.45) is 1.69. The predicted octanol–water partition coefficient (Wildman–Crippen LogP) is 5.39. The summed E-state index contributed by atoms with van der Waals surface area (Å²) in [7, 11) is 0. The van der Waals surface area contributed by atoms with Crippen LogP contribution < -0.4 is 10.2 Å². The van der Waals surface area contributed by atoms with E-state index in [1.54, 1.807) is 12.1 Å². The van der Waals surface area contributed by atoms with Gasteiger partial charge in [-0.15, -0.1) is 0 Å². The monoisotopic (exact) mass is 466 g/mol. The van der Waals surface area contributed by atoms with Crippen LogP contribution in [0.5, 0.6) is 0 Å². The van der Waals surface area contributed by atoms with Crippen LogP contribution in [0.3, 0.4) is 0 Å². The van der Waals surface area contributed by atoms with Gasteiger partial charge in [0.25, 0.3) is 11.8 Å². The Morgan fingerprint density at radius 3 is 2.33 bits per heavy atom. The Kier molecular flexibility index (Phi) is 7.02. The molecule has 30 heavy (non-hydrogen) atoms. The van der Waals surface area contributed by atoms with Gasteiger partial charge in [-0.05, 0) is 48.9 Å². The fourth-order valence-electron chi connectivity index (χ4n) is 2.70. The first-order chi connectivity index (χ1) is 14.3. The van der Waals surface area contributed by atoms with Crippen molar-refractivity contribution in [1.82, 2.24) is 0 Å². The van der Waals surface area contributed by atoms with Crippen molar-refractivity contribution in [3.8, 4) is 0 Å². The molecular formula is C21H17Cl3N2O4. The number of carbonyl (C=O) groups excluding carboxylic acids is 3. The standard InChI is InChI=1S/C21H17Cl3N2O4/c1-2-3-10-30-21(29)12-4-7-14(8-5-12)26-19(27)17(24)18(20(26)28)25-13-6-9-15(22)16(23)11-13/h4-9,11,25H,2-3,10H2,1H3. The molecule has 0 aliphatic carbocycles. The molecule has 1 aliphatic rings. The molecule has 0 saturated heterocycles. The lowest BCUT2D eigenvalue weighted by Crippen LogP contribution is -2.32. The van der Waals surface area contributed by atoms with Crippen LogP contribution >= 0.6 is 34.8 Å². The van der Waals surface area contributed by atoms with Gasteiger partial charge in [-0.2, -0.15) is 0 Å². The van der Waals surface area contributed by atoms with Gasteiger partial charge in [-0.1, -0.05) is 48.1 Å². The van der Waals surface area contributed by atoms with Crippen molar-refractivity contribution < 1.29 is 19.1 Å². The molecule has 156 valence electrons. The summed E-state index contributed by atoms with van der Waals surface area (Å²) in [6.45, 7) is 2.33. The van der Waals surface area contributed by atoms with Crippen LogP contribution in [0, 0.1) is 0 Å². The molecule has 3 rings (SSSR count). The molecule has 0 fully saturated rings. The third-order valence-electron chi connectivity index (χ3n) is 4.31. The van der Waals surface area contributed by atoms with E-state index in [0.717, 1.165) is 17.7 Å². The minimum Gasteiger partial charge on any atom is -0.462 e. The van der Waals surface area contributed by atoms with Gasteiger partial charge in [0, 0.05) is 5.69 Å². The molecule has 1 heterocycles. The minimum atomic E-state index is -0.678. The fourth-order valence-corrected chi connectivity index (χ4v) is 3.21. The van der Waals surface area contributed by atoms with E-state index in [-0.39, 0.29) is 21.4 Å². The Labute approximate surface area is 188 Å². The molecular weight excluding hydrogens is 451 g/mol. The van der Waals surface area contributed by atoms with E-state index >= 15 is 0 Å². The highest BCUT2D eigenvalue weighted by molar-refractivity contribution is 6.53. The van der Waals surface area contributed by atoms with E-state index in [1.165, 1.54) is 30.3 Å². The van der Waals surface area contributed by atoms with Gasteiger partial charge >= 0.3 is 5.97 Å². The number of hydrogen-bond acceptors (Lipinski definition) is 5. The molecule has 0 bridgehead atoms. The Balaban J connectivity index is 1.76. The van der Waals surface area contributed by atoms with Crippen molar-refractivity contribution in [1.29, 1.82) is 0 Å². The van der Waals surface area contributed by atoms with E-state index in [1.807, 2.05) is 6.92 Å². The van der Waals surface area contributed by atoms with Gasteiger partial charge in [-0.3, -0.25) is 9.59 Å². The number of nitrogens with zero attached hydrogens (tertiary/aromatic N) is 1. The number of nitrogens with one attached hydrogen (secondary N) is 1. The third-order valence-corrected chi connectivity index (χ3v) is 5.40. The SMILES string of the molecule is CCCCOC(=O)c1ccc(N2C(=O)C(Cl)=C(Nc3ccc(Cl)c(Cl)c3)C2=O)cc1. The summed E-state index contributed by atoms with van der Waals surface area (Å²) in [4.78, 5) is 38.3. The second-order valence-corrected chi connectivity index (χ2v) is 7.62. The van der Waals surface area contributed by atoms with Crippen LogP contribution in [0.4, 0.5) is 11.4 Å². The molecule has 0 aromatic heterocycles. The number of carbonyl (C=O) groups is 3. The Morgan fingerprint density at radius 1 is 1.00 bits per heavy atom. The van der Waals surface area contributed by atoms with Gasteiger partial charge in [0.1, 0.15) is 10.7 Å². The van der Waals surface area contributed by atoms with Gasteiger partial charge in [-0.25, -0.2) is 9.69 Å². The lowest BCUT2D eigenvalue weighted by molar-refractivity contribution is -0.120. The minimum absolute atomic E-state index is 0.0805. The number of hydrogen-bond donors (Lipinski definition) is 1. The summed E-state index contributed by atoms with van der Waals surface area (Å²) < 4.78 is 5.15. The number of amides is 2. The summed E-state index contributed by atoms with van der Waals surface area (Å²) in [6, 6.07) is 10.6. The maximum atomic E-state index is 12.8. The second kappa shape index (κ2) is 9.51.